The average Bonchev–Trinajstić information content (AvgIpc) is 2.42. The van der Waals surface area contributed by atoms with E-state index in [2.05, 4.69) is 39.3 Å². The standard InChI is InChI=1S/C12H18NO/c1-13(2,3)9-11-8-10-6-4-5-7-12(10)14-11/h4-7,11H,8-9H2,1-3H3/q+1. The topological polar surface area (TPSA) is 9.23 Å². The molecule has 0 saturated carbocycles. The molecule has 2 heteroatoms. The molecule has 1 atom stereocenters. The molecule has 0 N–H and O–H groups in total. The number of fused-ring (bicyclic) bond motifs is 1. The van der Waals surface area contributed by atoms with Crippen LogP contribution in [0.25, 0.3) is 0 Å². The van der Waals surface area contributed by atoms with E-state index < -0.39 is 0 Å². The van der Waals surface area contributed by atoms with Crippen molar-refractivity contribution in [2.75, 3.05) is 27.7 Å². The summed E-state index contributed by atoms with van der Waals surface area (Å²) in [4.78, 5) is 0. The molecule has 1 aliphatic rings. The van der Waals surface area contributed by atoms with Crippen LogP contribution in [0.5, 0.6) is 5.75 Å². The highest BCUT2D eigenvalue weighted by molar-refractivity contribution is 5.37. The first-order valence-corrected chi connectivity index (χ1v) is 5.10. The van der Waals surface area contributed by atoms with Crippen LogP contribution >= 0.6 is 0 Å². The van der Waals surface area contributed by atoms with Gasteiger partial charge in [-0.2, -0.15) is 0 Å². The summed E-state index contributed by atoms with van der Waals surface area (Å²) in [5.74, 6) is 1.07. The van der Waals surface area contributed by atoms with Gasteiger partial charge in [0.1, 0.15) is 12.3 Å². The zero-order valence-corrected chi connectivity index (χ0v) is 9.16. The van der Waals surface area contributed by atoms with Crippen molar-refractivity contribution in [3.8, 4) is 5.75 Å². The number of hydrogen-bond donors (Lipinski definition) is 0. The van der Waals surface area contributed by atoms with E-state index in [1.54, 1.807) is 0 Å². The summed E-state index contributed by atoms with van der Waals surface area (Å²) in [6, 6.07) is 8.33. The van der Waals surface area contributed by atoms with Crippen LogP contribution in [0, 0.1) is 0 Å². The molecule has 0 bridgehead atoms. The summed E-state index contributed by atoms with van der Waals surface area (Å²) in [5.41, 5.74) is 1.35. The van der Waals surface area contributed by atoms with Crippen LogP contribution in [0.15, 0.2) is 24.3 Å². The van der Waals surface area contributed by atoms with Crippen LogP contribution in [0.1, 0.15) is 5.56 Å². The molecule has 2 rings (SSSR count). The largest absolute Gasteiger partial charge is 0.484 e. The van der Waals surface area contributed by atoms with Gasteiger partial charge in [0.25, 0.3) is 0 Å². The zero-order chi connectivity index (χ0) is 10.2. The van der Waals surface area contributed by atoms with E-state index in [-0.39, 0.29) is 0 Å². The first-order chi connectivity index (χ1) is 6.54. The molecule has 1 aromatic carbocycles. The molecule has 1 heterocycles. The summed E-state index contributed by atoms with van der Waals surface area (Å²) >= 11 is 0. The maximum atomic E-state index is 5.87. The third-order valence-electron chi connectivity index (χ3n) is 2.47. The van der Waals surface area contributed by atoms with Gasteiger partial charge in [0.15, 0.2) is 6.10 Å². The van der Waals surface area contributed by atoms with Crippen LogP contribution in [0.3, 0.4) is 0 Å². The summed E-state index contributed by atoms with van der Waals surface area (Å²) in [7, 11) is 6.60. The predicted octanol–water partition coefficient (Wildman–Crippen LogP) is 1.70. The van der Waals surface area contributed by atoms with E-state index in [4.69, 9.17) is 4.74 Å². The number of benzene rings is 1. The molecule has 1 aliphatic heterocycles. The minimum Gasteiger partial charge on any atom is -0.484 e. The van der Waals surface area contributed by atoms with E-state index in [1.165, 1.54) is 5.56 Å². The molecule has 0 amide bonds. The molecule has 14 heavy (non-hydrogen) atoms. The lowest BCUT2D eigenvalue weighted by Crippen LogP contribution is -2.43. The normalized spacial score (nSPS) is 20.4. The molecule has 0 aromatic heterocycles. The SMILES string of the molecule is C[N+](C)(C)CC1Cc2ccccc2O1. The Balaban J connectivity index is 2.05. The highest BCUT2D eigenvalue weighted by atomic mass is 16.5. The van der Waals surface area contributed by atoms with Crippen molar-refractivity contribution in [3.05, 3.63) is 29.8 Å². The molecule has 76 valence electrons. The fourth-order valence-corrected chi connectivity index (χ4v) is 1.97. The Hall–Kier alpha value is -1.02. The first kappa shape index (κ1) is 9.53. The number of likely N-dealkylation sites (N-methyl/N-ethyl adjacent to an activating group) is 1. The number of hydrogen-bond acceptors (Lipinski definition) is 1. The maximum absolute atomic E-state index is 5.87. The van der Waals surface area contributed by atoms with Gasteiger partial charge in [0.2, 0.25) is 0 Å². The van der Waals surface area contributed by atoms with Crippen molar-refractivity contribution in [1.82, 2.24) is 0 Å². The van der Waals surface area contributed by atoms with Gasteiger partial charge in [-0.15, -0.1) is 0 Å². The van der Waals surface area contributed by atoms with Crippen LogP contribution in [-0.2, 0) is 6.42 Å². The molecule has 1 unspecified atom stereocenters. The van der Waals surface area contributed by atoms with Crippen molar-refractivity contribution >= 4 is 0 Å². The minimum atomic E-state index is 0.354. The first-order valence-electron chi connectivity index (χ1n) is 5.10. The lowest BCUT2D eigenvalue weighted by molar-refractivity contribution is -0.873. The Morgan fingerprint density at radius 3 is 2.64 bits per heavy atom. The highest BCUT2D eigenvalue weighted by Gasteiger charge is 2.27. The molecular formula is C12H18NO+. The lowest BCUT2D eigenvalue weighted by Gasteiger charge is -2.26. The molecule has 0 saturated heterocycles. The van der Waals surface area contributed by atoms with Gasteiger partial charge in [-0.05, 0) is 11.6 Å². The van der Waals surface area contributed by atoms with Gasteiger partial charge in [-0.1, -0.05) is 18.2 Å². The highest BCUT2D eigenvalue weighted by Crippen LogP contribution is 2.28. The van der Waals surface area contributed by atoms with E-state index in [0.717, 1.165) is 23.2 Å². The second kappa shape index (κ2) is 3.28. The molecule has 1 aromatic rings. The molecule has 0 spiro atoms. The monoisotopic (exact) mass is 192 g/mol. The van der Waals surface area contributed by atoms with Crippen LogP contribution in [-0.4, -0.2) is 38.3 Å². The fraction of sp³-hybridized carbons (Fsp3) is 0.500. The van der Waals surface area contributed by atoms with Gasteiger partial charge in [-0.3, -0.25) is 0 Å². The zero-order valence-electron chi connectivity index (χ0n) is 9.16. The Kier molecular flexibility index (Phi) is 2.23. The predicted molar refractivity (Wildman–Crippen MR) is 57.5 cm³/mol. The smallest absolute Gasteiger partial charge is 0.151 e. The number of quaternary nitrogens is 1. The van der Waals surface area contributed by atoms with Crippen molar-refractivity contribution in [2.45, 2.75) is 12.5 Å². The average molecular weight is 192 g/mol. The number of nitrogens with zero attached hydrogens (tertiary/aromatic N) is 1. The van der Waals surface area contributed by atoms with Gasteiger partial charge in [0, 0.05) is 6.42 Å². The van der Waals surface area contributed by atoms with Crippen molar-refractivity contribution in [1.29, 1.82) is 0 Å². The van der Waals surface area contributed by atoms with E-state index >= 15 is 0 Å². The molecule has 0 aliphatic carbocycles. The molecule has 0 fully saturated rings. The third kappa shape index (κ3) is 2.07. The quantitative estimate of drug-likeness (QED) is 0.648. The molecule has 0 radical (unpaired) electrons. The molecular weight excluding hydrogens is 174 g/mol. The Labute approximate surface area is 85.7 Å². The van der Waals surface area contributed by atoms with Crippen molar-refractivity contribution in [2.24, 2.45) is 0 Å². The summed E-state index contributed by atoms with van der Waals surface area (Å²) < 4.78 is 6.82. The minimum absolute atomic E-state index is 0.354. The second-order valence-corrected chi connectivity index (χ2v) is 5.02. The Morgan fingerprint density at radius 1 is 1.29 bits per heavy atom. The van der Waals surface area contributed by atoms with E-state index in [1.807, 2.05) is 6.07 Å². The van der Waals surface area contributed by atoms with Crippen LogP contribution in [0.2, 0.25) is 0 Å². The van der Waals surface area contributed by atoms with Gasteiger partial charge in [0.05, 0.1) is 21.1 Å². The van der Waals surface area contributed by atoms with E-state index in [9.17, 15) is 0 Å². The van der Waals surface area contributed by atoms with Crippen molar-refractivity contribution < 1.29 is 9.22 Å². The van der Waals surface area contributed by atoms with Crippen molar-refractivity contribution in [3.63, 3.8) is 0 Å². The maximum Gasteiger partial charge on any atom is 0.151 e. The third-order valence-corrected chi connectivity index (χ3v) is 2.47. The number of rotatable bonds is 2. The fourth-order valence-electron chi connectivity index (χ4n) is 1.97. The summed E-state index contributed by atoms with van der Waals surface area (Å²) in [6.07, 6.45) is 1.42. The molecule has 2 nitrogen and oxygen atoms in total. The number of para-hydroxylation sites is 1. The van der Waals surface area contributed by atoms with Gasteiger partial charge in [-0.25, -0.2) is 0 Å². The number of ether oxygens (including phenoxy) is 1. The lowest BCUT2D eigenvalue weighted by atomic mass is 10.1. The van der Waals surface area contributed by atoms with Gasteiger partial charge >= 0.3 is 0 Å². The van der Waals surface area contributed by atoms with Gasteiger partial charge < -0.3 is 9.22 Å². The Bertz CT molecular complexity index is 302. The Morgan fingerprint density at radius 2 is 2.00 bits per heavy atom. The van der Waals surface area contributed by atoms with E-state index in [0.29, 0.717) is 6.10 Å². The summed E-state index contributed by atoms with van der Waals surface area (Å²) in [5, 5.41) is 0. The van der Waals surface area contributed by atoms with Crippen LogP contribution < -0.4 is 4.74 Å². The second-order valence-electron chi connectivity index (χ2n) is 5.02. The van der Waals surface area contributed by atoms with Crippen LogP contribution in [0.4, 0.5) is 0 Å². The summed E-state index contributed by atoms with van der Waals surface area (Å²) in [6.45, 7) is 1.06.